The van der Waals surface area contributed by atoms with Gasteiger partial charge in [-0.3, -0.25) is 0 Å². The number of benzene rings is 1. The van der Waals surface area contributed by atoms with E-state index in [1.807, 2.05) is 0 Å². The number of allylic oxidation sites excluding steroid dienone is 8. The molecule has 1 heteroatoms. The van der Waals surface area contributed by atoms with Crippen molar-refractivity contribution in [1.82, 2.24) is 0 Å². The number of unbranched alkanes of at least 4 members (excludes halogenated alkanes) is 1. The molecule has 1 aromatic rings. The minimum Gasteiger partial charge on any atom is -0.494 e. The summed E-state index contributed by atoms with van der Waals surface area (Å²) >= 11 is 0. The summed E-state index contributed by atoms with van der Waals surface area (Å²) in [5.41, 5.74) is 1.35. The standard InChI is InChI=1S/C24H34O/c1-4-6-7-8-9-10-11-12-13-14-15-22(3)20-21-25-24-18-16-23(5-2)17-19-24/h6-7,10-19,22H,4-5,8-9,20-21H2,1-3H3/b7-6-,11-10+,13-12-,15-14+/t22-/m1/s1. The number of hydrogen-bond acceptors (Lipinski definition) is 1. The molecule has 1 atom stereocenters. The van der Waals surface area contributed by atoms with Crippen LogP contribution in [0.5, 0.6) is 5.75 Å². The molecule has 0 aliphatic heterocycles. The Morgan fingerprint density at radius 1 is 0.880 bits per heavy atom. The lowest BCUT2D eigenvalue weighted by Crippen LogP contribution is -2.02. The zero-order valence-electron chi connectivity index (χ0n) is 16.2. The van der Waals surface area contributed by atoms with Crippen molar-refractivity contribution >= 4 is 0 Å². The molecule has 1 rings (SSSR count). The Labute approximate surface area is 154 Å². The maximum Gasteiger partial charge on any atom is 0.119 e. The molecule has 0 saturated heterocycles. The van der Waals surface area contributed by atoms with Gasteiger partial charge in [-0.25, -0.2) is 0 Å². The van der Waals surface area contributed by atoms with Crippen molar-refractivity contribution in [2.45, 2.75) is 52.9 Å². The lowest BCUT2D eigenvalue weighted by Gasteiger charge is -2.09. The Morgan fingerprint density at radius 3 is 2.32 bits per heavy atom. The van der Waals surface area contributed by atoms with Gasteiger partial charge in [-0.1, -0.05) is 81.5 Å². The van der Waals surface area contributed by atoms with E-state index in [-0.39, 0.29) is 0 Å². The average Bonchev–Trinajstić information content (AvgIpc) is 2.64. The molecule has 25 heavy (non-hydrogen) atoms. The number of rotatable bonds is 12. The summed E-state index contributed by atoms with van der Waals surface area (Å²) in [6.07, 6.45) is 22.8. The van der Waals surface area contributed by atoms with E-state index in [9.17, 15) is 0 Å². The van der Waals surface area contributed by atoms with Crippen LogP contribution in [0, 0.1) is 5.92 Å². The van der Waals surface area contributed by atoms with Crippen LogP contribution in [-0.2, 0) is 6.42 Å². The molecule has 0 unspecified atom stereocenters. The van der Waals surface area contributed by atoms with Crippen LogP contribution in [0.4, 0.5) is 0 Å². The second-order valence-electron chi connectivity index (χ2n) is 6.27. The van der Waals surface area contributed by atoms with Crippen molar-refractivity contribution in [2.24, 2.45) is 5.92 Å². The molecule has 0 aliphatic rings. The fourth-order valence-electron chi connectivity index (χ4n) is 2.31. The molecule has 0 heterocycles. The minimum absolute atomic E-state index is 0.516. The second kappa shape index (κ2) is 14.3. The van der Waals surface area contributed by atoms with E-state index in [0.717, 1.165) is 44.5 Å². The highest BCUT2D eigenvalue weighted by Gasteiger charge is 1.98. The second-order valence-corrected chi connectivity index (χ2v) is 6.27. The number of hydrogen-bond donors (Lipinski definition) is 0. The van der Waals surface area contributed by atoms with E-state index in [1.165, 1.54) is 5.56 Å². The third kappa shape index (κ3) is 11.2. The monoisotopic (exact) mass is 338 g/mol. The third-order valence-corrected chi connectivity index (χ3v) is 3.98. The molecule has 0 aromatic heterocycles. The lowest BCUT2D eigenvalue weighted by molar-refractivity contribution is 0.296. The predicted octanol–water partition coefficient (Wildman–Crippen LogP) is 7.07. The smallest absolute Gasteiger partial charge is 0.119 e. The van der Waals surface area contributed by atoms with Crippen molar-refractivity contribution in [1.29, 1.82) is 0 Å². The molecule has 0 radical (unpaired) electrons. The van der Waals surface area contributed by atoms with Gasteiger partial charge in [-0.2, -0.15) is 0 Å². The molecular weight excluding hydrogens is 304 g/mol. The van der Waals surface area contributed by atoms with Crippen molar-refractivity contribution in [3.05, 3.63) is 78.4 Å². The van der Waals surface area contributed by atoms with Gasteiger partial charge in [0.05, 0.1) is 6.61 Å². The fourth-order valence-corrected chi connectivity index (χ4v) is 2.31. The lowest BCUT2D eigenvalue weighted by atomic mass is 10.1. The molecule has 0 amide bonds. The van der Waals surface area contributed by atoms with Crippen molar-refractivity contribution in [2.75, 3.05) is 6.61 Å². The Balaban J connectivity index is 2.14. The topological polar surface area (TPSA) is 9.23 Å². The molecule has 0 aliphatic carbocycles. The van der Waals surface area contributed by atoms with Crippen LogP contribution in [0.2, 0.25) is 0 Å². The molecular formula is C24H34O. The van der Waals surface area contributed by atoms with E-state index in [2.05, 4.69) is 93.6 Å². The van der Waals surface area contributed by atoms with E-state index >= 15 is 0 Å². The average molecular weight is 339 g/mol. The van der Waals surface area contributed by atoms with Crippen LogP contribution >= 0.6 is 0 Å². The van der Waals surface area contributed by atoms with E-state index in [0.29, 0.717) is 5.92 Å². The van der Waals surface area contributed by atoms with Gasteiger partial charge < -0.3 is 4.74 Å². The molecule has 1 nitrogen and oxygen atoms in total. The molecule has 0 fully saturated rings. The van der Waals surface area contributed by atoms with Crippen LogP contribution in [0.3, 0.4) is 0 Å². The fraction of sp³-hybridized carbons (Fsp3) is 0.417. The molecule has 0 bridgehead atoms. The Morgan fingerprint density at radius 2 is 1.60 bits per heavy atom. The first-order chi connectivity index (χ1) is 12.3. The van der Waals surface area contributed by atoms with E-state index in [4.69, 9.17) is 4.74 Å². The van der Waals surface area contributed by atoms with Crippen LogP contribution < -0.4 is 4.74 Å². The van der Waals surface area contributed by atoms with Crippen molar-refractivity contribution in [3.63, 3.8) is 0 Å². The highest BCUT2D eigenvalue weighted by Crippen LogP contribution is 2.14. The van der Waals surface area contributed by atoms with Gasteiger partial charge in [0.1, 0.15) is 5.75 Å². The zero-order chi connectivity index (χ0) is 18.2. The van der Waals surface area contributed by atoms with Gasteiger partial charge >= 0.3 is 0 Å². The summed E-state index contributed by atoms with van der Waals surface area (Å²) in [7, 11) is 0. The SMILES string of the molecule is CC/C=C\CC/C=C/C=C\C=C\[C@@H](C)CCOc1ccc(CC)cc1. The Kier molecular flexibility index (Phi) is 12.1. The summed E-state index contributed by atoms with van der Waals surface area (Å²) in [4.78, 5) is 0. The maximum atomic E-state index is 5.81. The third-order valence-electron chi connectivity index (χ3n) is 3.98. The molecule has 136 valence electrons. The van der Waals surface area contributed by atoms with Gasteiger partial charge in [-0.15, -0.1) is 0 Å². The Hall–Kier alpha value is -2.02. The number of ether oxygens (including phenoxy) is 1. The summed E-state index contributed by atoms with van der Waals surface area (Å²) in [6, 6.07) is 8.40. The predicted molar refractivity (Wildman–Crippen MR) is 111 cm³/mol. The first kappa shape index (κ1) is 21.0. The Bertz CT molecular complexity index is 546. The number of aryl methyl sites for hydroxylation is 1. The van der Waals surface area contributed by atoms with Gasteiger partial charge in [0.2, 0.25) is 0 Å². The minimum atomic E-state index is 0.516. The summed E-state index contributed by atoms with van der Waals surface area (Å²) < 4.78 is 5.81. The first-order valence-corrected chi connectivity index (χ1v) is 9.63. The normalized spacial score (nSPS) is 13.6. The van der Waals surface area contributed by atoms with Crippen molar-refractivity contribution < 1.29 is 4.74 Å². The molecule has 0 saturated carbocycles. The zero-order valence-corrected chi connectivity index (χ0v) is 16.2. The van der Waals surface area contributed by atoms with Crippen LogP contribution in [0.25, 0.3) is 0 Å². The maximum absolute atomic E-state index is 5.81. The van der Waals surface area contributed by atoms with E-state index in [1.54, 1.807) is 0 Å². The van der Waals surface area contributed by atoms with Crippen LogP contribution in [0.1, 0.15) is 52.0 Å². The summed E-state index contributed by atoms with van der Waals surface area (Å²) in [5.74, 6) is 1.48. The quantitative estimate of drug-likeness (QED) is 0.225. The molecule has 0 spiro atoms. The highest BCUT2D eigenvalue weighted by atomic mass is 16.5. The highest BCUT2D eigenvalue weighted by molar-refractivity contribution is 5.27. The van der Waals surface area contributed by atoms with Gasteiger partial charge in [0.15, 0.2) is 0 Å². The van der Waals surface area contributed by atoms with E-state index < -0.39 is 0 Å². The van der Waals surface area contributed by atoms with Crippen LogP contribution in [0.15, 0.2) is 72.9 Å². The van der Waals surface area contributed by atoms with Gasteiger partial charge in [0, 0.05) is 0 Å². The summed E-state index contributed by atoms with van der Waals surface area (Å²) in [5, 5.41) is 0. The first-order valence-electron chi connectivity index (χ1n) is 9.63. The van der Waals surface area contributed by atoms with Crippen LogP contribution in [-0.4, -0.2) is 6.61 Å². The summed E-state index contributed by atoms with van der Waals surface area (Å²) in [6.45, 7) is 7.31. The van der Waals surface area contributed by atoms with Gasteiger partial charge in [-0.05, 0) is 55.7 Å². The largest absolute Gasteiger partial charge is 0.494 e. The molecule has 1 aromatic carbocycles. The van der Waals surface area contributed by atoms with Gasteiger partial charge in [0.25, 0.3) is 0 Å². The molecule has 0 N–H and O–H groups in total. The van der Waals surface area contributed by atoms with Crippen molar-refractivity contribution in [3.8, 4) is 5.75 Å².